The van der Waals surface area contributed by atoms with Crippen molar-refractivity contribution in [2.45, 2.75) is 32.3 Å². The minimum atomic E-state index is -0.477. The Labute approximate surface area is 160 Å². The number of ether oxygens (including phenoxy) is 2. The van der Waals surface area contributed by atoms with Gasteiger partial charge in [0.2, 0.25) is 0 Å². The summed E-state index contributed by atoms with van der Waals surface area (Å²) in [5, 5.41) is 0. The van der Waals surface area contributed by atoms with E-state index >= 15 is 0 Å². The van der Waals surface area contributed by atoms with Gasteiger partial charge in [0.1, 0.15) is 6.61 Å². The zero-order valence-electron chi connectivity index (χ0n) is 15.9. The van der Waals surface area contributed by atoms with E-state index in [2.05, 4.69) is 20.4 Å². The van der Waals surface area contributed by atoms with Gasteiger partial charge in [-0.05, 0) is 18.4 Å². The maximum atomic E-state index is 12.6. The van der Waals surface area contributed by atoms with Gasteiger partial charge in [-0.1, -0.05) is 75.0 Å². The molecule has 2 aromatic carbocycles. The molecule has 0 atom stereocenters. The first-order valence-corrected chi connectivity index (χ1v) is 9.19. The number of esters is 1. The SMILES string of the molecule is C=CC(=O)OCCOC(CC)(CC)c1ccc(C(=O)c2ccccc2)cc1. The molecule has 0 fully saturated rings. The van der Waals surface area contributed by atoms with Crippen molar-refractivity contribution >= 4 is 11.8 Å². The molecule has 0 bridgehead atoms. The minimum Gasteiger partial charge on any atom is -0.460 e. The van der Waals surface area contributed by atoms with E-state index in [0.29, 0.717) is 17.7 Å². The van der Waals surface area contributed by atoms with Crippen molar-refractivity contribution in [3.63, 3.8) is 0 Å². The Morgan fingerprint density at radius 3 is 2.07 bits per heavy atom. The minimum absolute atomic E-state index is 0.00185. The van der Waals surface area contributed by atoms with Crippen LogP contribution < -0.4 is 0 Å². The highest BCUT2D eigenvalue weighted by atomic mass is 16.6. The van der Waals surface area contributed by atoms with Gasteiger partial charge in [0.15, 0.2) is 5.78 Å². The van der Waals surface area contributed by atoms with Crippen LogP contribution in [0.25, 0.3) is 0 Å². The first-order chi connectivity index (χ1) is 13.1. The van der Waals surface area contributed by atoms with Gasteiger partial charge in [0, 0.05) is 17.2 Å². The van der Waals surface area contributed by atoms with E-state index in [1.165, 1.54) is 0 Å². The monoisotopic (exact) mass is 366 g/mol. The number of rotatable bonds is 10. The molecule has 0 radical (unpaired) electrons. The molecule has 0 amide bonds. The Morgan fingerprint density at radius 2 is 1.52 bits per heavy atom. The second-order valence-electron chi connectivity index (χ2n) is 6.19. The van der Waals surface area contributed by atoms with Crippen LogP contribution in [-0.2, 0) is 19.9 Å². The topological polar surface area (TPSA) is 52.6 Å². The second-order valence-corrected chi connectivity index (χ2v) is 6.19. The average Bonchev–Trinajstić information content (AvgIpc) is 2.74. The van der Waals surface area contributed by atoms with E-state index in [9.17, 15) is 9.59 Å². The summed E-state index contributed by atoms with van der Waals surface area (Å²) >= 11 is 0. The summed E-state index contributed by atoms with van der Waals surface area (Å²) in [7, 11) is 0. The fourth-order valence-electron chi connectivity index (χ4n) is 3.07. The maximum Gasteiger partial charge on any atom is 0.330 e. The Morgan fingerprint density at radius 1 is 0.926 bits per heavy atom. The number of carbonyl (C=O) groups is 2. The fourth-order valence-corrected chi connectivity index (χ4v) is 3.07. The Kier molecular flexibility index (Phi) is 7.50. The zero-order chi connectivity index (χ0) is 19.7. The Bertz CT molecular complexity index is 759. The van der Waals surface area contributed by atoms with Crippen LogP contribution in [0, 0.1) is 0 Å². The van der Waals surface area contributed by atoms with Crippen molar-refractivity contribution in [2.75, 3.05) is 13.2 Å². The van der Waals surface area contributed by atoms with Crippen LogP contribution in [0.15, 0.2) is 67.3 Å². The molecule has 0 aliphatic rings. The number of hydrogen-bond acceptors (Lipinski definition) is 4. The fraction of sp³-hybridized carbons (Fsp3) is 0.304. The molecule has 0 heterocycles. The summed E-state index contributed by atoms with van der Waals surface area (Å²) < 4.78 is 11.1. The van der Waals surface area contributed by atoms with Gasteiger partial charge in [-0.15, -0.1) is 0 Å². The lowest BCUT2D eigenvalue weighted by molar-refractivity contribution is -0.142. The Balaban J connectivity index is 2.11. The lowest BCUT2D eigenvalue weighted by atomic mass is 9.87. The molecule has 4 nitrogen and oxygen atoms in total. The lowest BCUT2D eigenvalue weighted by Gasteiger charge is -2.32. The van der Waals surface area contributed by atoms with Gasteiger partial charge >= 0.3 is 5.97 Å². The number of ketones is 1. The normalized spacial score (nSPS) is 11.0. The summed E-state index contributed by atoms with van der Waals surface area (Å²) in [5.41, 5.74) is 1.84. The molecule has 0 spiro atoms. The van der Waals surface area contributed by atoms with Crippen molar-refractivity contribution in [3.05, 3.63) is 83.9 Å². The highest BCUT2D eigenvalue weighted by Gasteiger charge is 2.29. The smallest absolute Gasteiger partial charge is 0.330 e. The predicted octanol–water partition coefficient (Wildman–Crippen LogP) is 4.68. The number of hydrogen-bond donors (Lipinski definition) is 0. The first kappa shape index (κ1) is 20.6. The van der Waals surface area contributed by atoms with E-state index in [1.807, 2.05) is 54.6 Å². The highest BCUT2D eigenvalue weighted by molar-refractivity contribution is 6.08. The van der Waals surface area contributed by atoms with Crippen molar-refractivity contribution in [1.29, 1.82) is 0 Å². The molecule has 0 saturated heterocycles. The summed E-state index contributed by atoms with van der Waals surface area (Å²) in [6, 6.07) is 16.8. The molecule has 0 unspecified atom stereocenters. The van der Waals surface area contributed by atoms with E-state index in [-0.39, 0.29) is 12.4 Å². The zero-order valence-corrected chi connectivity index (χ0v) is 15.9. The number of carbonyl (C=O) groups excluding carboxylic acids is 2. The third kappa shape index (κ3) is 5.14. The van der Waals surface area contributed by atoms with Crippen LogP contribution in [0.1, 0.15) is 48.2 Å². The number of benzene rings is 2. The van der Waals surface area contributed by atoms with Gasteiger partial charge < -0.3 is 9.47 Å². The van der Waals surface area contributed by atoms with E-state index in [0.717, 1.165) is 24.5 Å². The average molecular weight is 366 g/mol. The van der Waals surface area contributed by atoms with E-state index in [1.54, 1.807) is 0 Å². The molecule has 142 valence electrons. The van der Waals surface area contributed by atoms with Crippen molar-refractivity contribution in [2.24, 2.45) is 0 Å². The van der Waals surface area contributed by atoms with Crippen LogP contribution in [0.4, 0.5) is 0 Å². The molecule has 4 heteroatoms. The largest absolute Gasteiger partial charge is 0.460 e. The van der Waals surface area contributed by atoms with Gasteiger partial charge in [-0.25, -0.2) is 4.79 Å². The molecule has 27 heavy (non-hydrogen) atoms. The van der Waals surface area contributed by atoms with Crippen molar-refractivity contribution in [1.82, 2.24) is 0 Å². The molecule has 0 N–H and O–H groups in total. The van der Waals surface area contributed by atoms with Gasteiger partial charge in [-0.2, -0.15) is 0 Å². The van der Waals surface area contributed by atoms with Gasteiger partial charge in [0.25, 0.3) is 0 Å². The Hall–Kier alpha value is -2.72. The van der Waals surface area contributed by atoms with Crippen LogP contribution in [-0.4, -0.2) is 25.0 Å². The summed E-state index contributed by atoms with van der Waals surface area (Å²) in [5.74, 6) is -0.459. The molecular formula is C23H26O4. The molecule has 0 aromatic heterocycles. The lowest BCUT2D eigenvalue weighted by Crippen LogP contribution is -2.30. The summed E-state index contributed by atoms with van der Waals surface area (Å²) in [6.45, 7) is 7.96. The summed E-state index contributed by atoms with van der Waals surface area (Å²) in [6.07, 6.45) is 2.67. The standard InChI is InChI=1S/C23H26O4/c1-4-21(24)26-16-17-27-23(5-2,6-3)20-14-12-19(13-15-20)22(25)18-10-8-7-9-11-18/h4,7-15H,1,5-6,16-17H2,2-3H3. The molecular weight excluding hydrogens is 340 g/mol. The van der Waals surface area contributed by atoms with Crippen LogP contribution in [0.3, 0.4) is 0 Å². The molecule has 2 rings (SSSR count). The third-order valence-corrected chi connectivity index (χ3v) is 4.72. The third-order valence-electron chi connectivity index (χ3n) is 4.72. The van der Waals surface area contributed by atoms with Gasteiger partial charge in [0.05, 0.1) is 12.2 Å². The van der Waals surface area contributed by atoms with Gasteiger partial charge in [-0.3, -0.25) is 4.79 Å². The van der Waals surface area contributed by atoms with Crippen LogP contribution in [0.2, 0.25) is 0 Å². The van der Waals surface area contributed by atoms with E-state index < -0.39 is 11.6 Å². The maximum absolute atomic E-state index is 12.6. The van der Waals surface area contributed by atoms with Crippen LogP contribution in [0.5, 0.6) is 0 Å². The quantitative estimate of drug-likeness (QED) is 0.265. The van der Waals surface area contributed by atoms with Crippen LogP contribution >= 0.6 is 0 Å². The molecule has 2 aromatic rings. The first-order valence-electron chi connectivity index (χ1n) is 9.19. The predicted molar refractivity (Wildman–Crippen MR) is 106 cm³/mol. The van der Waals surface area contributed by atoms with E-state index in [4.69, 9.17) is 9.47 Å². The van der Waals surface area contributed by atoms with Crippen molar-refractivity contribution in [3.8, 4) is 0 Å². The molecule has 0 aliphatic carbocycles. The highest BCUT2D eigenvalue weighted by Crippen LogP contribution is 2.33. The molecule has 0 saturated carbocycles. The second kappa shape index (κ2) is 9.83. The molecule has 0 aliphatic heterocycles. The van der Waals surface area contributed by atoms with Crippen molar-refractivity contribution < 1.29 is 19.1 Å². The summed E-state index contributed by atoms with van der Waals surface area (Å²) in [4.78, 5) is 23.7.